The Morgan fingerprint density at radius 2 is 1.03 bits per heavy atom. The maximum absolute atomic E-state index is 10.7. The Bertz CT molecular complexity index is 1510. The van der Waals surface area contributed by atoms with Gasteiger partial charge < -0.3 is 19.1 Å². The van der Waals surface area contributed by atoms with Crippen LogP contribution in [-0.4, -0.2) is 56.9 Å². The highest BCUT2D eigenvalue weighted by Gasteiger charge is 2.37. The molecule has 0 aliphatic rings. The van der Waals surface area contributed by atoms with Crippen LogP contribution in [0.25, 0.3) is 22.1 Å². The van der Waals surface area contributed by atoms with E-state index in [9.17, 15) is 26.3 Å². The second kappa shape index (κ2) is 11.2. The maximum Gasteiger partial charge on any atom is 0.485 e. The summed E-state index contributed by atoms with van der Waals surface area (Å²) in [7, 11) is -8.16. The number of nitrogens with one attached hydrogen (secondary N) is 2. The molecule has 4 heterocycles. The number of hydrogen-bond acceptors (Lipinski definition) is 8. The molecular formula is C18H18F6N6O6S2. The molecule has 0 amide bonds. The summed E-state index contributed by atoms with van der Waals surface area (Å²) >= 11 is 0. The van der Waals surface area contributed by atoms with Gasteiger partial charge in [0.1, 0.15) is 47.8 Å². The molecule has 0 atom stereocenters. The number of hydrogen-bond donors (Lipinski definition) is 2. The van der Waals surface area contributed by atoms with E-state index in [2.05, 4.69) is 19.9 Å². The van der Waals surface area contributed by atoms with E-state index in [-0.39, 0.29) is 0 Å². The van der Waals surface area contributed by atoms with Crippen molar-refractivity contribution >= 4 is 42.3 Å². The third-order valence-corrected chi connectivity index (χ3v) is 5.52. The monoisotopic (exact) mass is 592 g/mol. The number of fused-ring (bicyclic) bond motifs is 2. The van der Waals surface area contributed by atoms with Crippen molar-refractivity contribution in [2.45, 2.75) is 23.9 Å². The molecule has 0 aromatic carbocycles. The molecular weight excluding hydrogens is 574 g/mol. The standard InChI is InChI=1S/C16H16N6.2CHF3O3S/c1-21-7-5-11-13(9-21)19-15(17-11)3-4-16-18-12-6-8-22(2)10-14(12)20-16;2*2-1(3,4)8(5,6)7/h5-10H,3-4H2,1-2H3;2*(H,5,6,7). The van der Waals surface area contributed by atoms with Crippen LogP contribution in [0.2, 0.25) is 0 Å². The lowest BCUT2D eigenvalue weighted by Gasteiger charge is -2.08. The molecule has 0 aliphatic heterocycles. The quantitative estimate of drug-likeness (QED) is 0.153. The lowest BCUT2D eigenvalue weighted by molar-refractivity contribution is -0.670. The largest absolute Gasteiger partial charge is 0.741 e. The molecule has 0 fully saturated rings. The highest BCUT2D eigenvalue weighted by atomic mass is 32.2. The van der Waals surface area contributed by atoms with Gasteiger partial charge in [-0.3, -0.25) is 0 Å². The molecule has 20 heteroatoms. The van der Waals surface area contributed by atoms with Gasteiger partial charge in [0, 0.05) is 25.0 Å². The number of alkyl halides is 6. The van der Waals surface area contributed by atoms with E-state index in [4.69, 9.17) is 25.9 Å². The van der Waals surface area contributed by atoms with Crippen molar-refractivity contribution in [1.82, 2.24) is 19.9 Å². The van der Waals surface area contributed by atoms with Crippen molar-refractivity contribution in [3.8, 4) is 0 Å². The molecule has 0 radical (unpaired) electrons. The zero-order valence-corrected chi connectivity index (χ0v) is 20.8. The summed E-state index contributed by atoms with van der Waals surface area (Å²) in [5.74, 6) is 1.99. The summed E-state index contributed by atoms with van der Waals surface area (Å²) in [6, 6.07) is 4.05. The van der Waals surface area contributed by atoms with Crippen LogP contribution in [0, 0.1) is 0 Å². The van der Waals surface area contributed by atoms with Gasteiger partial charge in [0.2, 0.25) is 0 Å². The van der Waals surface area contributed by atoms with E-state index in [1.807, 2.05) is 60.1 Å². The molecule has 12 nitrogen and oxygen atoms in total. The van der Waals surface area contributed by atoms with E-state index in [0.717, 1.165) is 46.6 Å². The topological polar surface area (TPSA) is 180 Å². The first kappa shape index (κ1) is 30.9. The number of aromatic amines is 2. The minimum absolute atomic E-state index is 0.838. The van der Waals surface area contributed by atoms with Crippen LogP contribution in [0.4, 0.5) is 26.3 Å². The lowest BCUT2D eigenvalue weighted by Crippen LogP contribution is -2.25. The number of aryl methyl sites for hydroxylation is 4. The van der Waals surface area contributed by atoms with Gasteiger partial charge in [0.25, 0.3) is 0 Å². The fraction of sp³-hybridized carbons (Fsp3) is 0.333. The molecule has 0 saturated carbocycles. The molecule has 4 aromatic heterocycles. The Morgan fingerprint density at radius 3 is 1.29 bits per heavy atom. The smallest absolute Gasteiger partial charge is 0.485 e. The first-order valence-electron chi connectivity index (χ1n) is 9.89. The molecule has 4 aromatic rings. The summed E-state index contributed by atoms with van der Waals surface area (Å²) in [5.41, 5.74) is -7.15. The number of aromatic nitrogens is 6. The van der Waals surface area contributed by atoms with Gasteiger partial charge in [-0.05, 0) is 0 Å². The van der Waals surface area contributed by atoms with Gasteiger partial charge in [0.05, 0.1) is 0 Å². The normalized spacial score (nSPS) is 12.6. The summed E-state index contributed by atoms with van der Waals surface area (Å²) in [5, 5.41) is 0. The first-order valence-corrected chi connectivity index (χ1v) is 12.7. The van der Waals surface area contributed by atoms with Crippen molar-refractivity contribution in [3.05, 3.63) is 48.6 Å². The molecule has 38 heavy (non-hydrogen) atoms. The molecule has 0 bridgehead atoms. The van der Waals surface area contributed by atoms with Gasteiger partial charge >= 0.3 is 11.0 Å². The summed E-state index contributed by atoms with van der Waals surface area (Å²) in [4.78, 5) is 16.0. The Labute approximate surface area is 210 Å². The number of H-pyrrole nitrogens is 2. The van der Waals surface area contributed by atoms with Crippen LogP contribution in [0.15, 0.2) is 36.9 Å². The fourth-order valence-corrected chi connectivity index (χ4v) is 2.70. The molecule has 0 saturated heterocycles. The predicted molar refractivity (Wildman–Crippen MR) is 113 cm³/mol. The summed E-state index contributed by atoms with van der Waals surface area (Å²) < 4.78 is 122. The van der Waals surface area contributed by atoms with Crippen molar-refractivity contribution in [1.29, 1.82) is 0 Å². The van der Waals surface area contributed by atoms with Crippen molar-refractivity contribution in [2.24, 2.45) is 14.1 Å². The van der Waals surface area contributed by atoms with E-state index < -0.39 is 31.3 Å². The molecule has 4 rings (SSSR count). The van der Waals surface area contributed by atoms with Crippen LogP contribution in [0.3, 0.4) is 0 Å². The fourth-order valence-electron chi connectivity index (χ4n) is 2.70. The van der Waals surface area contributed by atoms with Gasteiger partial charge in [-0.2, -0.15) is 26.3 Å². The Hall–Kier alpha value is -3.36. The van der Waals surface area contributed by atoms with Crippen LogP contribution in [-0.2, 0) is 47.2 Å². The minimum Gasteiger partial charge on any atom is -0.741 e. The SMILES string of the molecule is C[n+]1ccc2nc(CCc3nc4cc[n+](C)cc4[nH]3)[nH]c2c1.O=S(=O)([O-])C(F)(F)F.O=S(=O)([O-])C(F)(F)F. The Balaban J connectivity index is 0.000000264. The molecule has 0 aliphatic carbocycles. The van der Waals surface area contributed by atoms with E-state index in [1.54, 1.807) is 0 Å². The lowest BCUT2D eigenvalue weighted by atomic mass is 10.3. The number of rotatable bonds is 3. The Kier molecular flexibility index (Phi) is 9.07. The average molecular weight is 593 g/mol. The zero-order chi connectivity index (χ0) is 29.1. The summed E-state index contributed by atoms with van der Waals surface area (Å²) in [6.07, 6.45) is 9.78. The minimum atomic E-state index is -6.09. The molecule has 2 N–H and O–H groups in total. The summed E-state index contributed by atoms with van der Waals surface area (Å²) in [6.45, 7) is 0. The molecule has 0 unspecified atom stereocenters. The average Bonchev–Trinajstić information content (AvgIpc) is 3.32. The van der Waals surface area contributed by atoms with E-state index in [0.29, 0.717) is 0 Å². The second-order valence-corrected chi connectivity index (χ2v) is 10.2. The second-order valence-electron chi connectivity index (χ2n) is 7.49. The number of nitrogens with zero attached hydrogens (tertiary/aromatic N) is 4. The van der Waals surface area contributed by atoms with Crippen LogP contribution >= 0.6 is 0 Å². The van der Waals surface area contributed by atoms with E-state index in [1.165, 1.54) is 0 Å². The zero-order valence-electron chi connectivity index (χ0n) is 19.2. The Morgan fingerprint density at radius 1 is 0.737 bits per heavy atom. The van der Waals surface area contributed by atoms with Gasteiger partial charge in [-0.25, -0.2) is 35.9 Å². The van der Waals surface area contributed by atoms with Crippen molar-refractivity contribution < 1.29 is 61.4 Å². The van der Waals surface area contributed by atoms with Crippen molar-refractivity contribution in [2.75, 3.05) is 0 Å². The third kappa shape index (κ3) is 8.60. The van der Waals surface area contributed by atoms with E-state index >= 15 is 0 Å². The van der Waals surface area contributed by atoms with Gasteiger partial charge in [-0.15, -0.1) is 0 Å². The van der Waals surface area contributed by atoms with Crippen LogP contribution in [0.1, 0.15) is 11.6 Å². The predicted octanol–water partition coefficient (Wildman–Crippen LogP) is 0.976. The third-order valence-electron chi connectivity index (χ3n) is 4.39. The van der Waals surface area contributed by atoms with Gasteiger partial charge in [-0.1, -0.05) is 0 Å². The molecule has 210 valence electrons. The highest BCUT2D eigenvalue weighted by molar-refractivity contribution is 7.86. The first-order chi connectivity index (χ1) is 17.2. The maximum atomic E-state index is 10.7. The van der Waals surface area contributed by atoms with Gasteiger partial charge in [0.15, 0.2) is 45.0 Å². The number of imidazole rings is 2. The van der Waals surface area contributed by atoms with Crippen LogP contribution < -0.4 is 9.13 Å². The molecule has 0 spiro atoms. The number of pyridine rings is 2. The number of halogens is 6. The highest BCUT2D eigenvalue weighted by Crippen LogP contribution is 2.21. The van der Waals surface area contributed by atoms with Crippen LogP contribution in [0.5, 0.6) is 0 Å². The van der Waals surface area contributed by atoms with Crippen molar-refractivity contribution in [3.63, 3.8) is 0 Å².